The van der Waals surface area contributed by atoms with Gasteiger partial charge in [0.15, 0.2) is 5.65 Å². The Labute approximate surface area is 225 Å². The monoisotopic (exact) mass is 556 g/mol. The van der Waals surface area contributed by atoms with Crippen LogP contribution in [0.1, 0.15) is 30.8 Å². The molecule has 39 heavy (non-hydrogen) atoms. The molecule has 2 saturated heterocycles. The Morgan fingerprint density at radius 2 is 2.00 bits per heavy atom. The topological polar surface area (TPSA) is 104 Å². The highest BCUT2D eigenvalue weighted by atomic mass is 35.5. The molecule has 0 radical (unpaired) electrons. The Kier molecular flexibility index (Phi) is 6.42. The molecule has 0 saturated carbocycles. The number of nitrogens with zero attached hydrogens (tertiary/aromatic N) is 6. The number of hydrogen-bond acceptors (Lipinski definition) is 7. The summed E-state index contributed by atoms with van der Waals surface area (Å²) >= 11 is 6.00. The molecule has 2 atom stereocenters. The lowest BCUT2D eigenvalue weighted by Gasteiger charge is -2.32. The zero-order chi connectivity index (χ0) is 27.3. The van der Waals surface area contributed by atoms with Crippen LogP contribution in [-0.4, -0.2) is 60.6 Å². The minimum atomic E-state index is -2.83. The molecule has 13 heteroatoms. The van der Waals surface area contributed by atoms with Crippen molar-refractivity contribution in [3.63, 3.8) is 0 Å². The third-order valence-electron chi connectivity index (χ3n) is 7.03. The summed E-state index contributed by atoms with van der Waals surface area (Å²) in [5.41, 5.74) is 1.27. The van der Waals surface area contributed by atoms with E-state index in [-0.39, 0.29) is 59.4 Å². The molecular weight excluding hydrogens is 534 g/mol. The zero-order valence-corrected chi connectivity index (χ0v) is 21.5. The van der Waals surface area contributed by atoms with Gasteiger partial charge in [-0.3, -0.25) is 9.36 Å². The fourth-order valence-corrected chi connectivity index (χ4v) is 5.13. The molecule has 5 heterocycles. The number of pyridine rings is 1. The van der Waals surface area contributed by atoms with Crippen molar-refractivity contribution in [1.29, 1.82) is 0 Å². The first-order valence-corrected chi connectivity index (χ1v) is 12.7. The van der Waals surface area contributed by atoms with Crippen LogP contribution in [0.3, 0.4) is 0 Å². The smallest absolute Gasteiger partial charge is 0.410 e. The molecule has 6 rings (SSSR count). The van der Waals surface area contributed by atoms with Gasteiger partial charge in [-0.15, -0.1) is 0 Å². The molecule has 3 aromatic heterocycles. The van der Waals surface area contributed by atoms with E-state index in [2.05, 4.69) is 15.1 Å². The molecule has 4 aromatic rings. The highest BCUT2D eigenvalue weighted by Gasteiger charge is 2.39. The van der Waals surface area contributed by atoms with Crippen molar-refractivity contribution in [2.75, 3.05) is 13.2 Å². The van der Waals surface area contributed by atoms with Crippen molar-refractivity contribution in [3.8, 4) is 17.0 Å². The Balaban J connectivity index is 1.41. The summed E-state index contributed by atoms with van der Waals surface area (Å²) in [7, 11) is 0. The molecule has 202 valence electrons. The molecule has 10 nitrogen and oxygen atoms in total. The van der Waals surface area contributed by atoms with Crippen molar-refractivity contribution in [1.82, 2.24) is 29.2 Å². The highest BCUT2D eigenvalue weighted by Crippen LogP contribution is 2.34. The molecule has 2 aliphatic heterocycles. The fourth-order valence-electron chi connectivity index (χ4n) is 5.01. The lowest BCUT2D eigenvalue weighted by molar-refractivity contribution is 0.0566. The average molecular weight is 557 g/mol. The molecule has 0 spiro atoms. The maximum atomic E-state index is 13.6. The third kappa shape index (κ3) is 4.80. The summed E-state index contributed by atoms with van der Waals surface area (Å²) in [5, 5.41) is 4.55. The number of amides is 1. The number of hydrogen-bond donors (Lipinski definition) is 0. The first kappa shape index (κ1) is 25.2. The number of fused-ring (bicyclic) bond motifs is 2. The van der Waals surface area contributed by atoms with Crippen LogP contribution in [0.4, 0.5) is 13.6 Å². The van der Waals surface area contributed by atoms with E-state index in [1.807, 2.05) is 12.1 Å². The number of benzene rings is 1. The summed E-state index contributed by atoms with van der Waals surface area (Å²) in [6, 6.07) is 8.61. The van der Waals surface area contributed by atoms with Crippen LogP contribution in [-0.2, 0) is 11.3 Å². The van der Waals surface area contributed by atoms with Gasteiger partial charge in [-0.1, -0.05) is 23.7 Å². The summed E-state index contributed by atoms with van der Waals surface area (Å²) < 4.78 is 40.1. The summed E-state index contributed by atoms with van der Waals surface area (Å²) in [6.45, 7) is -0.106. The summed E-state index contributed by atoms with van der Waals surface area (Å²) in [4.78, 5) is 36.3. The standard InChI is InChI=1S/C26H23ClF2N6O4/c1-14-31-23-20(24(36)34(14)11-15-2-4-17(27)5-3-15)9-21(22(32-23)16-10-30-35(12-16)25(28)29)39-19-6-7-33-18(8-19)13-38-26(33)37/h2-5,9-10,12,18-19,25H,6-8,11,13H2,1H3/t18-,19-/m0/s1. The van der Waals surface area contributed by atoms with E-state index in [4.69, 9.17) is 21.1 Å². The number of cyclic esters (lactones) is 1. The average Bonchev–Trinajstić information content (AvgIpc) is 3.55. The second-order valence-electron chi connectivity index (χ2n) is 9.56. The molecule has 2 fully saturated rings. The largest absolute Gasteiger partial charge is 0.488 e. The molecule has 0 aliphatic carbocycles. The van der Waals surface area contributed by atoms with Crippen LogP contribution in [0.15, 0.2) is 47.5 Å². The Morgan fingerprint density at radius 3 is 2.74 bits per heavy atom. The Bertz CT molecular complexity index is 1620. The lowest BCUT2D eigenvalue weighted by Crippen LogP contribution is -2.44. The van der Waals surface area contributed by atoms with Crippen LogP contribution in [0.2, 0.25) is 5.02 Å². The second kappa shape index (κ2) is 9.92. The number of alkyl halides is 2. The van der Waals surface area contributed by atoms with E-state index in [1.54, 1.807) is 30.0 Å². The molecule has 0 bridgehead atoms. The number of ether oxygens (including phenoxy) is 2. The van der Waals surface area contributed by atoms with Crippen LogP contribution < -0.4 is 10.3 Å². The van der Waals surface area contributed by atoms with E-state index in [9.17, 15) is 18.4 Å². The molecule has 0 N–H and O–H groups in total. The molecule has 1 amide bonds. The van der Waals surface area contributed by atoms with Gasteiger partial charge < -0.3 is 14.4 Å². The Hall–Kier alpha value is -4.06. The molecule has 2 aliphatic rings. The van der Waals surface area contributed by atoms with Crippen molar-refractivity contribution in [2.24, 2.45) is 0 Å². The van der Waals surface area contributed by atoms with E-state index >= 15 is 0 Å². The molecule has 1 aromatic carbocycles. The molecule has 0 unspecified atom stereocenters. The van der Waals surface area contributed by atoms with Crippen LogP contribution >= 0.6 is 11.6 Å². The predicted octanol–water partition coefficient (Wildman–Crippen LogP) is 4.42. The van der Waals surface area contributed by atoms with Crippen LogP contribution in [0.5, 0.6) is 5.75 Å². The van der Waals surface area contributed by atoms with Crippen molar-refractivity contribution in [3.05, 3.63) is 69.5 Å². The van der Waals surface area contributed by atoms with Gasteiger partial charge in [-0.2, -0.15) is 13.9 Å². The molecular formula is C26H23ClF2N6O4. The SMILES string of the molecule is Cc1nc2nc(-c3cnn(C(F)F)c3)c(O[C@H]3CCN4C(=O)OC[C@@H]4C3)cc2c(=O)n1Cc1ccc(Cl)cc1. The van der Waals surface area contributed by atoms with E-state index in [0.29, 0.717) is 40.5 Å². The number of carbonyl (C=O) groups excluding carboxylic acids is 1. The zero-order valence-electron chi connectivity index (χ0n) is 20.8. The van der Waals surface area contributed by atoms with E-state index in [0.717, 1.165) is 5.56 Å². The number of piperidine rings is 1. The number of aromatic nitrogens is 5. The number of halogens is 3. The van der Waals surface area contributed by atoms with Gasteiger partial charge in [-0.25, -0.2) is 19.4 Å². The summed E-state index contributed by atoms with van der Waals surface area (Å²) in [6.07, 6.45) is 2.85. The maximum Gasteiger partial charge on any atom is 0.410 e. The minimum Gasteiger partial charge on any atom is -0.488 e. The van der Waals surface area contributed by atoms with Crippen molar-refractivity contribution < 1.29 is 23.0 Å². The van der Waals surface area contributed by atoms with E-state index < -0.39 is 6.55 Å². The van der Waals surface area contributed by atoms with E-state index in [1.165, 1.54) is 17.0 Å². The van der Waals surface area contributed by atoms with Crippen molar-refractivity contribution in [2.45, 2.75) is 45.0 Å². The lowest BCUT2D eigenvalue weighted by atomic mass is 10.0. The van der Waals surface area contributed by atoms with Gasteiger partial charge in [0, 0.05) is 36.2 Å². The Morgan fingerprint density at radius 1 is 1.21 bits per heavy atom. The minimum absolute atomic E-state index is 0.115. The van der Waals surface area contributed by atoms with Gasteiger partial charge in [0.25, 0.3) is 5.56 Å². The maximum absolute atomic E-state index is 13.6. The quantitative estimate of drug-likeness (QED) is 0.346. The third-order valence-corrected chi connectivity index (χ3v) is 7.28. The first-order chi connectivity index (χ1) is 18.8. The van der Waals surface area contributed by atoms with Gasteiger partial charge in [0.1, 0.15) is 30.0 Å². The second-order valence-corrected chi connectivity index (χ2v) is 9.99. The van der Waals surface area contributed by atoms with Gasteiger partial charge in [0.2, 0.25) is 0 Å². The van der Waals surface area contributed by atoms with Gasteiger partial charge in [0.05, 0.1) is 24.2 Å². The predicted molar refractivity (Wildman–Crippen MR) is 137 cm³/mol. The highest BCUT2D eigenvalue weighted by molar-refractivity contribution is 6.30. The van der Waals surface area contributed by atoms with Crippen LogP contribution in [0, 0.1) is 6.92 Å². The number of carbonyl (C=O) groups is 1. The number of aryl methyl sites for hydroxylation is 1. The van der Waals surface area contributed by atoms with Gasteiger partial charge >= 0.3 is 12.6 Å². The van der Waals surface area contributed by atoms with Crippen molar-refractivity contribution >= 4 is 28.7 Å². The van der Waals surface area contributed by atoms with Crippen LogP contribution in [0.25, 0.3) is 22.3 Å². The fraction of sp³-hybridized carbons (Fsp3) is 0.346. The first-order valence-electron chi connectivity index (χ1n) is 12.4. The normalized spacial score (nSPS) is 19.0. The van der Waals surface area contributed by atoms with Gasteiger partial charge in [-0.05, 0) is 30.7 Å². The number of rotatable bonds is 6. The summed E-state index contributed by atoms with van der Waals surface area (Å²) in [5.74, 6) is 0.692.